The van der Waals surface area contributed by atoms with E-state index in [9.17, 15) is 18.0 Å². The number of benzene rings is 1. The normalized spacial score (nSPS) is 10.9. The lowest BCUT2D eigenvalue weighted by molar-refractivity contribution is -0.115. The molecule has 0 atom stereocenters. The lowest BCUT2D eigenvalue weighted by atomic mass is 10.1. The molecule has 2 heterocycles. The molecule has 2 N–H and O–H groups in total. The first-order valence-electron chi connectivity index (χ1n) is 8.19. The van der Waals surface area contributed by atoms with E-state index in [0.29, 0.717) is 16.4 Å². The smallest absolute Gasteiger partial charge is 0.253 e. The minimum Gasteiger partial charge on any atom is -0.343 e. The van der Waals surface area contributed by atoms with E-state index in [4.69, 9.17) is 5.26 Å². The average Bonchev–Trinajstić information content (AvgIpc) is 3.36. The summed E-state index contributed by atoms with van der Waals surface area (Å²) in [5, 5.41) is 16.1. The van der Waals surface area contributed by atoms with Gasteiger partial charge in [-0.25, -0.2) is 13.4 Å². The van der Waals surface area contributed by atoms with Crippen molar-refractivity contribution >= 4 is 38.3 Å². The second-order valence-electron chi connectivity index (χ2n) is 5.95. The van der Waals surface area contributed by atoms with Gasteiger partial charge in [-0.2, -0.15) is 5.26 Å². The fourth-order valence-corrected chi connectivity index (χ4v) is 3.68. The summed E-state index contributed by atoms with van der Waals surface area (Å²) in [5.41, 5.74) is 2.00. The van der Waals surface area contributed by atoms with E-state index < -0.39 is 21.8 Å². The first-order valence-corrected chi connectivity index (χ1v) is 10.9. The predicted molar refractivity (Wildman–Crippen MR) is 108 cm³/mol. The number of carbonyl (C=O) groups excluding carboxylic acids is 2. The Morgan fingerprint density at radius 2 is 2.10 bits per heavy atom. The maximum atomic E-state index is 12.1. The van der Waals surface area contributed by atoms with Crippen molar-refractivity contribution < 1.29 is 18.0 Å². The summed E-state index contributed by atoms with van der Waals surface area (Å²) in [5.74, 6) is -1.05. The molecular formula is C18H15N5O4S2. The highest BCUT2D eigenvalue weighted by molar-refractivity contribution is 7.89. The Morgan fingerprint density at radius 1 is 1.31 bits per heavy atom. The van der Waals surface area contributed by atoms with Crippen molar-refractivity contribution in [3.8, 4) is 17.3 Å². The van der Waals surface area contributed by atoms with Crippen molar-refractivity contribution in [3.05, 3.63) is 59.2 Å². The summed E-state index contributed by atoms with van der Waals surface area (Å²) in [6.07, 6.45) is 3.44. The van der Waals surface area contributed by atoms with E-state index in [-0.39, 0.29) is 12.1 Å². The summed E-state index contributed by atoms with van der Waals surface area (Å²) < 4.78 is 23.8. The number of thiazole rings is 1. The molecule has 3 rings (SSSR count). The van der Waals surface area contributed by atoms with Gasteiger partial charge in [0.15, 0.2) is 5.13 Å². The zero-order chi connectivity index (χ0) is 21.0. The molecule has 0 saturated carbocycles. The Bertz CT molecular complexity index is 1220. The Morgan fingerprint density at radius 3 is 2.79 bits per heavy atom. The molecule has 148 valence electrons. The van der Waals surface area contributed by atoms with Gasteiger partial charge in [-0.3, -0.25) is 13.6 Å². The molecule has 0 aliphatic heterocycles. The molecule has 0 fully saturated rings. The topological polar surface area (TPSA) is 134 Å². The second kappa shape index (κ2) is 8.26. The molecule has 0 spiro atoms. The highest BCUT2D eigenvalue weighted by Crippen LogP contribution is 2.25. The number of nitrogens with one attached hydrogen (secondary N) is 2. The summed E-state index contributed by atoms with van der Waals surface area (Å²) in [7, 11) is -3.48. The first kappa shape index (κ1) is 20.2. The van der Waals surface area contributed by atoms with Crippen LogP contribution in [-0.4, -0.2) is 42.0 Å². The Labute approximate surface area is 170 Å². The van der Waals surface area contributed by atoms with Crippen LogP contribution in [-0.2, 0) is 14.8 Å². The molecule has 0 aliphatic rings. The zero-order valence-corrected chi connectivity index (χ0v) is 16.8. The third-order valence-corrected chi connectivity index (χ3v) is 5.51. The minimum atomic E-state index is -3.48. The maximum Gasteiger partial charge on any atom is 0.253 e. The van der Waals surface area contributed by atoms with Crippen LogP contribution in [0.2, 0.25) is 0 Å². The van der Waals surface area contributed by atoms with Crippen LogP contribution in [0.1, 0.15) is 15.9 Å². The molecule has 0 aliphatic carbocycles. The van der Waals surface area contributed by atoms with Crippen LogP contribution in [0.3, 0.4) is 0 Å². The number of carbonyl (C=O) groups is 2. The van der Waals surface area contributed by atoms with Gasteiger partial charge in [0, 0.05) is 23.3 Å². The average molecular weight is 429 g/mol. The van der Waals surface area contributed by atoms with Crippen LogP contribution in [0.5, 0.6) is 0 Å². The van der Waals surface area contributed by atoms with Crippen LogP contribution < -0.4 is 10.6 Å². The summed E-state index contributed by atoms with van der Waals surface area (Å²) in [4.78, 5) is 28.4. The molecule has 3 aromatic rings. The Balaban J connectivity index is 1.57. The van der Waals surface area contributed by atoms with Crippen molar-refractivity contribution in [1.82, 2.24) is 14.3 Å². The van der Waals surface area contributed by atoms with E-state index in [1.807, 2.05) is 6.07 Å². The third kappa shape index (κ3) is 5.07. The zero-order valence-electron chi connectivity index (χ0n) is 15.1. The lowest BCUT2D eigenvalue weighted by Gasteiger charge is -2.04. The van der Waals surface area contributed by atoms with Crippen molar-refractivity contribution in [3.63, 3.8) is 0 Å². The van der Waals surface area contributed by atoms with Gasteiger partial charge in [-0.15, -0.1) is 11.3 Å². The van der Waals surface area contributed by atoms with Crippen LogP contribution in [0.15, 0.2) is 48.1 Å². The molecule has 0 unspecified atom stereocenters. The number of hydrogen-bond donors (Lipinski definition) is 2. The third-order valence-electron chi connectivity index (χ3n) is 3.76. The number of anilines is 1. The number of hydrogen-bond acceptors (Lipinski definition) is 7. The van der Waals surface area contributed by atoms with E-state index in [2.05, 4.69) is 21.7 Å². The van der Waals surface area contributed by atoms with Crippen molar-refractivity contribution in [2.45, 2.75) is 0 Å². The maximum absolute atomic E-state index is 12.1. The van der Waals surface area contributed by atoms with Gasteiger partial charge in [0.05, 0.1) is 35.7 Å². The van der Waals surface area contributed by atoms with Gasteiger partial charge in [0.1, 0.15) is 0 Å². The van der Waals surface area contributed by atoms with Crippen molar-refractivity contribution in [2.24, 2.45) is 0 Å². The Hall–Kier alpha value is -3.49. The van der Waals surface area contributed by atoms with Gasteiger partial charge < -0.3 is 10.6 Å². The van der Waals surface area contributed by atoms with E-state index in [1.165, 1.54) is 29.8 Å². The molecule has 29 heavy (non-hydrogen) atoms. The van der Waals surface area contributed by atoms with E-state index in [0.717, 1.165) is 15.8 Å². The van der Waals surface area contributed by atoms with Gasteiger partial charge in [0.2, 0.25) is 15.9 Å². The molecule has 9 nitrogen and oxygen atoms in total. The fraction of sp³-hybridized carbons (Fsp3) is 0.111. The molecule has 11 heteroatoms. The fourth-order valence-electron chi connectivity index (χ4n) is 2.36. The van der Waals surface area contributed by atoms with Crippen LogP contribution in [0, 0.1) is 11.3 Å². The summed E-state index contributed by atoms with van der Waals surface area (Å²) >= 11 is 1.21. The first-order chi connectivity index (χ1) is 13.8. The van der Waals surface area contributed by atoms with Crippen LogP contribution in [0.25, 0.3) is 11.3 Å². The molecule has 0 bridgehead atoms. The quantitative estimate of drug-likeness (QED) is 0.612. The molecule has 2 aromatic heterocycles. The highest BCUT2D eigenvalue weighted by Gasteiger charge is 2.14. The second-order valence-corrected chi connectivity index (χ2v) is 8.70. The van der Waals surface area contributed by atoms with Crippen LogP contribution in [0.4, 0.5) is 5.13 Å². The Kier molecular flexibility index (Phi) is 5.76. The molecule has 0 saturated heterocycles. The number of aromatic nitrogens is 2. The van der Waals surface area contributed by atoms with Crippen molar-refractivity contribution in [1.29, 1.82) is 5.26 Å². The summed E-state index contributed by atoms with van der Waals surface area (Å²) in [6, 6.07) is 10.3. The number of nitriles is 1. The minimum absolute atomic E-state index is 0.122. The SMILES string of the molecule is CS(=O)(=O)n1ccc(C(=O)NCC(=O)Nc2nc(-c3cccc(C#N)c3)cs2)c1. The standard InChI is InChI=1S/C18H15N5O4S2/c1-29(26,27)23-6-5-14(10-23)17(25)20-9-16(24)22-18-21-15(11-28-18)13-4-2-3-12(7-13)8-19/h2-7,10-11H,9H2,1H3,(H,20,25)(H,21,22,24). The van der Waals surface area contributed by atoms with Crippen LogP contribution >= 0.6 is 11.3 Å². The molecule has 0 radical (unpaired) electrons. The number of amides is 2. The number of rotatable bonds is 6. The van der Waals surface area contributed by atoms with Crippen molar-refractivity contribution in [2.75, 3.05) is 18.1 Å². The van der Waals surface area contributed by atoms with Gasteiger partial charge >= 0.3 is 0 Å². The monoisotopic (exact) mass is 429 g/mol. The molecule has 2 amide bonds. The molecule has 1 aromatic carbocycles. The van der Waals surface area contributed by atoms with Gasteiger partial charge in [-0.1, -0.05) is 12.1 Å². The molecular weight excluding hydrogens is 414 g/mol. The number of nitrogens with zero attached hydrogens (tertiary/aromatic N) is 3. The van der Waals surface area contributed by atoms with Gasteiger partial charge in [0.25, 0.3) is 5.91 Å². The van der Waals surface area contributed by atoms with E-state index >= 15 is 0 Å². The largest absolute Gasteiger partial charge is 0.343 e. The highest BCUT2D eigenvalue weighted by atomic mass is 32.2. The van der Waals surface area contributed by atoms with Gasteiger partial charge in [-0.05, 0) is 18.2 Å². The van der Waals surface area contributed by atoms with E-state index in [1.54, 1.807) is 23.6 Å². The predicted octanol–water partition coefficient (Wildman–Crippen LogP) is 1.66. The summed E-state index contributed by atoms with van der Waals surface area (Å²) in [6.45, 7) is -0.304. The lowest BCUT2D eigenvalue weighted by Crippen LogP contribution is -2.32.